The molecule has 0 heterocycles. The Hall–Kier alpha value is -1.09. The highest BCUT2D eigenvalue weighted by Gasteiger charge is 2.35. The quantitative estimate of drug-likeness (QED) is 0.825. The van der Waals surface area contributed by atoms with Crippen molar-refractivity contribution in [3.05, 3.63) is 30.1 Å². The summed E-state index contributed by atoms with van der Waals surface area (Å²) in [7, 11) is 0. The lowest BCUT2D eigenvalue weighted by atomic mass is 9.65. The zero-order chi connectivity index (χ0) is 12.1. The van der Waals surface area contributed by atoms with Gasteiger partial charge in [0, 0.05) is 6.07 Å². The normalized spacial score (nSPS) is 17.5. The van der Waals surface area contributed by atoms with Crippen LogP contribution >= 0.6 is 0 Å². The van der Waals surface area contributed by atoms with E-state index in [-0.39, 0.29) is 5.82 Å². The number of benzene rings is 1. The van der Waals surface area contributed by atoms with Crippen LogP contribution in [0.15, 0.2) is 24.3 Å². The SMILES string of the molecule is NCCC1(CCOc2cccc(F)c2)CCC1. The van der Waals surface area contributed by atoms with E-state index in [2.05, 4.69) is 0 Å². The van der Waals surface area contributed by atoms with E-state index in [9.17, 15) is 4.39 Å². The van der Waals surface area contributed by atoms with E-state index < -0.39 is 0 Å². The van der Waals surface area contributed by atoms with Gasteiger partial charge < -0.3 is 10.5 Å². The molecule has 1 saturated carbocycles. The highest BCUT2D eigenvalue weighted by molar-refractivity contribution is 5.22. The van der Waals surface area contributed by atoms with Gasteiger partial charge in [-0.15, -0.1) is 0 Å². The molecule has 0 atom stereocenters. The Labute approximate surface area is 102 Å². The van der Waals surface area contributed by atoms with Crippen LogP contribution in [0.3, 0.4) is 0 Å². The molecule has 1 aliphatic rings. The Balaban J connectivity index is 1.79. The van der Waals surface area contributed by atoms with Gasteiger partial charge in [-0.1, -0.05) is 12.5 Å². The van der Waals surface area contributed by atoms with Crippen molar-refractivity contribution < 1.29 is 9.13 Å². The number of rotatable bonds is 6. The van der Waals surface area contributed by atoms with Gasteiger partial charge in [0.1, 0.15) is 11.6 Å². The molecule has 1 aliphatic carbocycles. The Morgan fingerprint density at radius 2 is 2.12 bits per heavy atom. The van der Waals surface area contributed by atoms with E-state index in [1.807, 2.05) is 0 Å². The van der Waals surface area contributed by atoms with Crippen LogP contribution in [0.25, 0.3) is 0 Å². The Morgan fingerprint density at radius 1 is 1.29 bits per heavy atom. The van der Waals surface area contributed by atoms with Crippen LogP contribution in [-0.4, -0.2) is 13.2 Å². The highest BCUT2D eigenvalue weighted by atomic mass is 19.1. The molecule has 0 amide bonds. The maximum absolute atomic E-state index is 12.9. The van der Waals surface area contributed by atoms with Crippen LogP contribution in [0.2, 0.25) is 0 Å². The summed E-state index contributed by atoms with van der Waals surface area (Å²) in [4.78, 5) is 0. The molecule has 2 nitrogen and oxygen atoms in total. The molecule has 0 radical (unpaired) electrons. The molecule has 0 bridgehead atoms. The van der Waals surface area contributed by atoms with Crippen LogP contribution in [0.4, 0.5) is 4.39 Å². The molecule has 3 heteroatoms. The first-order chi connectivity index (χ1) is 8.24. The van der Waals surface area contributed by atoms with Crippen LogP contribution in [-0.2, 0) is 0 Å². The van der Waals surface area contributed by atoms with E-state index in [1.54, 1.807) is 12.1 Å². The first-order valence-corrected chi connectivity index (χ1v) is 6.33. The third-order valence-electron chi connectivity index (χ3n) is 3.79. The number of hydrogen-bond donors (Lipinski definition) is 1. The molecule has 1 aromatic rings. The van der Waals surface area contributed by atoms with Crippen molar-refractivity contribution in [2.75, 3.05) is 13.2 Å². The fourth-order valence-electron chi connectivity index (χ4n) is 2.55. The smallest absolute Gasteiger partial charge is 0.126 e. The van der Waals surface area contributed by atoms with Gasteiger partial charge >= 0.3 is 0 Å². The number of halogens is 1. The van der Waals surface area contributed by atoms with Crippen LogP contribution in [0.1, 0.15) is 32.1 Å². The Morgan fingerprint density at radius 3 is 2.71 bits per heavy atom. The molecule has 0 unspecified atom stereocenters. The molecule has 0 saturated heterocycles. The van der Waals surface area contributed by atoms with Gasteiger partial charge in [0.2, 0.25) is 0 Å². The topological polar surface area (TPSA) is 35.2 Å². The minimum atomic E-state index is -0.247. The van der Waals surface area contributed by atoms with E-state index in [0.717, 1.165) is 19.4 Å². The molecule has 0 aliphatic heterocycles. The summed E-state index contributed by atoms with van der Waals surface area (Å²) in [5, 5.41) is 0. The molecule has 17 heavy (non-hydrogen) atoms. The van der Waals surface area contributed by atoms with Crippen LogP contribution in [0, 0.1) is 11.2 Å². The summed E-state index contributed by atoms with van der Waals surface area (Å²) >= 11 is 0. The zero-order valence-corrected chi connectivity index (χ0v) is 10.1. The number of nitrogens with two attached hydrogens (primary N) is 1. The molecule has 0 spiro atoms. The molecule has 94 valence electrons. The summed E-state index contributed by atoms with van der Waals surface area (Å²) in [5.41, 5.74) is 6.04. The van der Waals surface area contributed by atoms with Crippen LogP contribution in [0.5, 0.6) is 5.75 Å². The molecule has 1 fully saturated rings. The number of hydrogen-bond acceptors (Lipinski definition) is 2. The van der Waals surface area contributed by atoms with Crippen molar-refractivity contribution >= 4 is 0 Å². The Bertz CT molecular complexity index is 363. The van der Waals surface area contributed by atoms with E-state index in [0.29, 0.717) is 17.8 Å². The Kier molecular flexibility index (Phi) is 4.00. The fraction of sp³-hybridized carbons (Fsp3) is 0.571. The standard InChI is InChI=1S/C14H20FNO/c15-12-3-1-4-13(11-12)17-10-8-14(7-9-16)5-2-6-14/h1,3-4,11H,2,5-10,16H2. The first kappa shape index (κ1) is 12.4. The van der Waals surface area contributed by atoms with Crippen molar-refractivity contribution in [3.63, 3.8) is 0 Å². The first-order valence-electron chi connectivity index (χ1n) is 6.33. The predicted octanol–water partition coefficient (Wildman–Crippen LogP) is 3.11. The lowest BCUT2D eigenvalue weighted by Gasteiger charge is -2.42. The zero-order valence-electron chi connectivity index (χ0n) is 10.1. The average Bonchev–Trinajstić information content (AvgIpc) is 2.26. The van der Waals surface area contributed by atoms with Gasteiger partial charge in [-0.05, 0) is 49.8 Å². The second kappa shape index (κ2) is 5.50. The van der Waals surface area contributed by atoms with Gasteiger partial charge in [0.15, 0.2) is 0 Å². The minimum absolute atomic E-state index is 0.247. The highest BCUT2D eigenvalue weighted by Crippen LogP contribution is 2.46. The van der Waals surface area contributed by atoms with Crippen LogP contribution < -0.4 is 10.5 Å². The number of ether oxygens (including phenoxy) is 1. The van der Waals surface area contributed by atoms with E-state index in [4.69, 9.17) is 10.5 Å². The van der Waals surface area contributed by atoms with Gasteiger partial charge in [0.05, 0.1) is 6.61 Å². The summed E-state index contributed by atoms with van der Waals surface area (Å²) < 4.78 is 18.5. The lowest BCUT2D eigenvalue weighted by molar-refractivity contribution is 0.0855. The molecule has 1 aromatic carbocycles. The van der Waals surface area contributed by atoms with E-state index >= 15 is 0 Å². The average molecular weight is 237 g/mol. The molecule has 0 aromatic heterocycles. The third kappa shape index (κ3) is 3.19. The van der Waals surface area contributed by atoms with Crippen molar-refractivity contribution in [2.24, 2.45) is 11.1 Å². The van der Waals surface area contributed by atoms with Gasteiger partial charge in [-0.25, -0.2) is 4.39 Å². The fourth-order valence-corrected chi connectivity index (χ4v) is 2.55. The molecule has 2 rings (SSSR count). The minimum Gasteiger partial charge on any atom is -0.493 e. The molecular formula is C14H20FNO. The molecule has 2 N–H and O–H groups in total. The van der Waals surface area contributed by atoms with Gasteiger partial charge in [-0.2, -0.15) is 0 Å². The summed E-state index contributed by atoms with van der Waals surface area (Å²) in [6.07, 6.45) is 5.94. The summed E-state index contributed by atoms with van der Waals surface area (Å²) in [6.45, 7) is 1.41. The van der Waals surface area contributed by atoms with Gasteiger partial charge in [0.25, 0.3) is 0 Å². The van der Waals surface area contributed by atoms with Crippen molar-refractivity contribution in [3.8, 4) is 5.75 Å². The lowest BCUT2D eigenvalue weighted by Crippen LogP contribution is -2.33. The van der Waals surface area contributed by atoms with Gasteiger partial charge in [-0.3, -0.25) is 0 Å². The van der Waals surface area contributed by atoms with Crippen molar-refractivity contribution in [1.82, 2.24) is 0 Å². The summed E-state index contributed by atoms with van der Waals surface area (Å²) in [6, 6.07) is 6.31. The van der Waals surface area contributed by atoms with Crippen molar-refractivity contribution in [1.29, 1.82) is 0 Å². The maximum Gasteiger partial charge on any atom is 0.126 e. The van der Waals surface area contributed by atoms with E-state index in [1.165, 1.54) is 31.4 Å². The van der Waals surface area contributed by atoms with Crippen molar-refractivity contribution in [2.45, 2.75) is 32.1 Å². The predicted molar refractivity (Wildman–Crippen MR) is 66.5 cm³/mol. The molecular weight excluding hydrogens is 217 g/mol. The summed E-state index contributed by atoms with van der Waals surface area (Å²) in [5.74, 6) is 0.370. The monoisotopic (exact) mass is 237 g/mol. The second-order valence-electron chi connectivity index (χ2n) is 4.95. The second-order valence-corrected chi connectivity index (χ2v) is 4.95. The largest absolute Gasteiger partial charge is 0.493 e. The maximum atomic E-state index is 12.9. The third-order valence-corrected chi connectivity index (χ3v) is 3.79.